The normalized spacial score (nSPS) is 22.7. The molecule has 3 N–H and O–H groups in total. The molecular weight excluding hydrogens is 484 g/mol. The van der Waals surface area contributed by atoms with E-state index in [1.165, 1.54) is 0 Å². The van der Waals surface area contributed by atoms with Crippen molar-refractivity contribution in [2.45, 2.75) is 76.7 Å². The Hall–Kier alpha value is -3.39. The molecule has 2 aliphatic carbocycles. The van der Waals surface area contributed by atoms with Crippen LogP contribution in [-0.4, -0.2) is 42.3 Å². The topological polar surface area (TPSA) is 114 Å². The highest BCUT2D eigenvalue weighted by Crippen LogP contribution is 2.24. The van der Waals surface area contributed by atoms with E-state index in [2.05, 4.69) is 10.6 Å². The second-order valence-corrected chi connectivity index (χ2v) is 9.94. The SMILES string of the molecule is O=C(N[C@@H]1CCCC[C@@H]1CO)OCc1ccccc1.O=C[C@H]1CCCC[C@H]1NC(=O)OCc1ccccc1. The Morgan fingerprint density at radius 1 is 0.737 bits per heavy atom. The van der Waals surface area contributed by atoms with Crippen molar-refractivity contribution < 1.29 is 29.0 Å². The number of carbonyl (C=O) groups excluding carboxylic acids is 3. The average Bonchev–Trinajstić information content (AvgIpc) is 2.97. The van der Waals surface area contributed by atoms with E-state index in [4.69, 9.17) is 9.47 Å². The lowest BCUT2D eigenvalue weighted by Gasteiger charge is -2.30. The number of aldehydes is 1. The summed E-state index contributed by atoms with van der Waals surface area (Å²) in [5.41, 5.74) is 1.92. The van der Waals surface area contributed by atoms with E-state index < -0.39 is 12.2 Å². The fraction of sp³-hybridized carbons (Fsp3) is 0.500. The summed E-state index contributed by atoms with van der Waals surface area (Å²) in [6.45, 7) is 0.665. The summed E-state index contributed by atoms with van der Waals surface area (Å²) in [5.74, 6) is 0.0936. The first-order valence-electron chi connectivity index (χ1n) is 13.6. The minimum Gasteiger partial charge on any atom is -0.445 e. The number of amides is 2. The highest BCUT2D eigenvalue weighted by Gasteiger charge is 2.27. The molecule has 0 heterocycles. The minimum absolute atomic E-state index is 0.0435. The number of rotatable bonds is 8. The predicted molar refractivity (Wildman–Crippen MR) is 144 cm³/mol. The number of carbonyl (C=O) groups is 3. The first-order chi connectivity index (χ1) is 18.6. The van der Waals surface area contributed by atoms with Crippen LogP contribution >= 0.6 is 0 Å². The summed E-state index contributed by atoms with van der Waals surface area (Å²) in [6.07, 6.45) is 8.04. The molecule has 0 spiro atoms. The van der Waals surface area contributed by atoms with Gasteiger partial charge in [0.1, 0.15) is 19.5 Å². The molecule has 4 atom stereocenters. The van der Waals surface area contributed by atoms with Crippen molar-refractivity contribution in [1.29, 1.82) is 0 Å². The van der Waals surface area contributed by atoms with Crippen molar-refractivity contribution in [1.82, 2.24) is 10.6 Å². The minimum atomic E-state index is -0.442. The Morgan fingerprint density at radius 2 is 1.21 bits per heavy atom. The van der Waals surface area contributed by atoms with Crippen molar-refractivity contribution in [3.63, 3.8) is 0 Å². The van der Waals surface area contributed by atoms with Crippen LogP contribution in [0.5, 0.6) is 0 Å². The molecule has 2 saturated carbocycles. The maximum absolute atomic E-state index is 11.7. The largest absolute Gasteiger partial charge is 0.445 e. The monoisotopic (exact) mass is 524 g/mol. The summed E-state index contributed by atoms with van der Waals surface area (Å²) < 4.78 is 10.3. The smallest absolute Gasteiger partial charge is 0.407 e. The summed E-state index contributed by atoms with van der Waals surface area (Å²) in [6, 6.07) is 19.1. The van der Waals surface area contributed by atoms with Crippen LogP contribution in [0.3, 0.4) is 0 Å². The number of hydrogen-bond acceptors (Lipinski definition) is 6. The van der Waals surface area contributed by atoms with E-state index in [0.717, 1.165) is 68.8 Å². The standard InChI is InChI=1S/C15H21NO3.C15H19NO3/c2*17-10-13-8-4-5-9-14(13)16-15(18)19-11-12-6-2-1-3-7-12/h1-3,6-7,13-14,17H,4-5,8-11H2,(H,16,18);1-3,6-7,10,13-14H,4-5,8-9,11H2,(H,16,18)/t2*13-,14-/m11/s1. The van der Waals surface area contributed by atoms with Gasteiger partial charge in [-0.1, -0.05) is 86.3 Å². The Labute approximate surface area is 225 Å². The maximum Gasteiger partial charge on any atom is 0.407 e. The molecule has 2 aromatic carbocycles. The molecule has 2 aliphatic rings. The fourth-order valence-corrected chi connectivity index (χ4v) is 4.95. The third kappa shape index (κ3) is 10.2. The zero-order chi connectivity index (χ0) is 27.0. The molecule has 8 nitrogen and oxygen atoms in total. The predicted octanol–water partition coefficient (Wildman–Crippen LogP) is 5.13. The Kier molecular flexibility index (Phi) is 12.6. The third-order valence-electron chi connectivity index (χ3n) is 7.17. The van der Waals surface area contributed by atoms with Crippen LogP contribution in [0.4, 0.5) is 9.59 Å². The molecule has 0 aliphatic heterocycles. The van der Waals surface area contributed by atoms with Gasteiger partial charge in [-0.3, -0.25) is 0 Å². The molecule has 4 rings (SSSR count). The molecule has 0 unspecified atom stereocenters. The van der Waals surface area contributed by atoms with E-state index in [0.29, 0.717) is 0 Å². The van der Waals surface area contributed by atoms with Crippen LogP contribution in [0.1, 0.15) is 62.5 Å². The highest BCUT2D eigenvalue weighted by molar-refractivity contribution is 5.69. The van der Waals surface area contributed by atoms with Gasteiger partial charge in [-0.15, -0.1) is 0 Å². The average molecular weight is 525 g/mol. The fourth-order valence-electron chi connectivity index (χ4n) is 4.95. The Morgan fingerprint density at radius 3 is 1.74 bits per heavy atom. The molecule has 2 fully saturated rings. The van der Waals surface area contributed by atoms with Crippen molar-refractivity contribution in [3.8, 4) is 0 Å². The quantitative estimate of drug-likeness (QED) is 0.412. The second kappa shape index (κ2) is 16.5. The third-order valence-corrected chi connectivity index (χ3v) is 7.17. The number of ether oxygens (including phenoxy) is 2. The van der Waals surface area contributed by atoms with Gasteiger partial charge in [0.15, 0.2) is 0 Å². The zero-order valence-corrected chi connectivity index (χ0v) is 21.9. The van der Waals surface area contributed by atoms with Gasteiger partial charge in [0.2, 0.25) is 0 Å². The first-order valence-corrected chi connectivity index (χ1v) is 13.6. The summed E-state index contributed by atoms with van der Waals surface area (Å²) in [5, 5.41) is 15.0. The van der Waals surface area contributed by atoms with Crippen LogP contribution in [0.2, 0.25) is 0 Å². The van der Waals surface area contributed by atoms with Gasteiger partial charge in [0, 0.05) is 30.5 Å². The van der Waals surface area contributed by atoms with Gasteiger partial charge in [0.05, 0.1) is 0 Å². The van der Waals surface area contributed by atoms with Crippen LogP contribution in [0.25, 0.3) is 0 Å². The van der Waals surface area contributed by atoms with Crippen LogP contribution in [0, 0.1) is 11.8 Å². The van der Waals surface area contributed by atoms with E-state index in [9.17, 15) is 19.5 Å². The van der Waals surface area contributed by atoms with E-state index in [-0.39, 0.29) is 43.7 Å². The first kappa shape index (κ1) is 29.2. The molecule has 38 heavy (non-hydrogen) atoms. The summed E-state index contributed by atoms with van der Waals surface area (Å²) in [4.78, 5) is 34.4. The number of benzene rings is 2. The van der Waals surface area contributed by atoms with Crippen molar-refractivity contribution in [3.05, 3.63) is 71.8 Å². The van der Waals surface area contributed by atoms with E-state index >= 15 is 0 Å². The molecular formula is C30H40N2O6. The van der Waals surface area contributed by atoms with Gasteiger partial charge in [0.25, 0.3) is 0 Å². The molecule has 0 bridgehead atoms. The molecule has 206 valence electrons. The highest BCUT2D eigenvalue weighted by atomic mass is 16.6. The molecule has 2 aromatic rings. The second-order valence-electron chi connectivity index (χ2n) is 9.94. The van der Waals surface area contributed by atoms with Crippen molar-refractivity contribution in [2.24, 2.45) is 11.8 Å². The van der Waals surface area contributed by atoms with Gasteiger partial charge >= 0.3 is 12.2 Å². The molecule has 0 aromatic heterocycles. The lowest BCUT2D eigenvalue weighted by atomic mass is 9.85. The molecule has 8 heteroatoms. The Bertz CT molecular complexity index is 971. The number of aliphatic hydroxyl groups is 1. The van der Waals surface area contributed by atoms with E-state index in [1.807, 2.05) is 60.7 Å². The Balaban J connectivity index is 0.000000211. The van der Waals surface area contributed by atoms with Crippen LogP contribution < -0.4 is 10.6 Å². The van der Waals surface area contributed by atoms with Crippen LogP contribution in [-0.2, 0) is 27.5 Å². The van der Waals surface area contributed by atoms with Crippen molar-refractivity contribution >= 4 is 18.5 Å². The lowest BCUT2D eigenvalue weighted by Crippen LogP contribution is -2.43. The molecule has 0 radical (unpaired) electrons. The number of nitrogens with one attached hydrogen (secondary N) is 2. The van der Waals surface area contributed by atoms with E-state index in [1.54, 1.807) is 0 Å². The summed E-state index contributed by atoms with van der Waals surface area (Å²) >= 11 is 0. The lowest BCUT2D eigenvalue weighted by molar-refractivity contribution is -0.112. The van der Waals surface area contributed by atoms with Crippen LogP contribution in [0.15, 0.2) is 60.7 Å². The zero-order valence-electron chi connectivity index (χ0n) is 21.9. The number of aliphatic hydroxyl groups excluding tert-OH is 1. The van der Waals surface area contributed by atoms with Crippen molar-refractivity contribution in [2.75, 3.05) is 6.61 Å². The molecule has 2 amide bonds. The van der Waals surface area contributed by atoms with Gasteiger partial charge < -0.3 is 30.0 Å². The number of alkyl carbamates (subject to hydrolysis) is 2. The van der Waals surface area contributed by atoms with Gasteiger partial charge in [-0.2, -0.15) is 0 Å². The summed E-state index contributed by atoms with van der Waals surface area (Å²) in [7, 11) is 0. The maximum atomic E-state index is 11.7. The number of hydrogen-bond donors (Lipinski definition) is 3. The molecule has 0 saturated heterocycles. The van der Waals surface area contributed by atoms with Gasteiger partial charge in [-0.25, -0.2) is 9.59 Å². The van der Waals surface area contributed by atoms with Gasteiger partial charge in [-0.05, 0) is 36.8 Å².